The molecule has 31 heavy (non-hydrogen) atoms. The van der Waals surface area contributed by atoms with Gasteiger partial charge in [-0.3, -0.25) is 14.4 Å². The molecule has 2 heterocycles. The molecular formula is C24H18ClFN2O3. The van der Waals surface area contributed by atoms with Gasteiger partial charge in [0.2, 0.25) is 5.91 Å². The lowest BCUT2D eigenvalue weighted by molar-refractivity contribution is -0.126. The number of carbonyl (C=O) groups excluding carboxylic acids is 2. The first-order valence-electron chi connectivity index (χ1n) is 9.86. The van der Waals surface area contributed by atoms with Crippen LogP contribution in [0.4, 0.5) is 15.8 Å². The van der Waals surface area contributed by atoms with Gasteiger partial charge in [-0.1, -0.05) is 59.6 Å². The van der Waals surface area contributed by atoms with E-state index in [2.05, 4.69) is 0 Å². The molecule has 7 heteroatoms. The molecule has 0 aliphatic carbocycles. The van der Waals surface area contributed by atoms with Crippen LogP contribution in [0.5, 0.6) is 0 Å². The zero-order valence-corrected chi connectivity index (χ0v) is 17.3. The summed E-state index contributed by atoms with van der Waals surface area (Å²) < 4.78 is 14.0. The molecule has 2 aliphatic rings. The highest BCUT2D eigenvalue weighted by Crippen LogP contribution is 2.47. The molecule has 156 valence electrons. The van der Waals surface area contributed by atoms with Crippen LogP contribution in [0.3, 0.4) is 0 Å². The summed E-state index contributed by atoms with van der Waals surface area (Å²) in [6.07, 6.45) is -1.00. The first-order chi connectivity index (χ1) is 15.0. The number of aryl methyl sites for hydroxylation is 1. The smallest absolute Gasteiger partial charge is 0.266 e. The Hall–Kier alpha value is -3.22. The van der Waals surface area contributed by atoms with Crippen LogP contribution in [0.15, 0.2) is 72.8 Å². The average molecular weight is 437 g/mol. The molecule has 0 N–H and O–H groups in total. The lowest BCUT2D eigenvalue weighted by atomic mass is 9.90. The number of imide groups is 1. The number of nitrogens with zero attached hydrogens (tertiary/aromatic N) is 2. The number of carbonyl (C=O) groups is 2. The van der Waals surface area contributed by atoms with Crippen molar-refractivity contribution in [2.45, 2.75) is 19.1 Å². The van der Waals surface area contributed by atoms with Crippen molar-refractivity contribution in [2.24, 2.45) is 5.92 Å². The number of para-hydroxylation sites is 1. The number of benzene rings is 3. The predicted octanol–water partition coefficient (Wildman–Crippen LogP) is 4.84. The van der Waals surface area contributed by atoms with Crippen molar-refractivity contribution in [3.8, 4) is 0 Å². The van der Waals surface area contributed by atoms with E-state index in [9.17, 15) is 14.0 Å². The van der Waals surface area contributed by atoms with Crippen LogP contribution in [0.1, 0.15) is 17.2 Å². The molecule has 3 atom stereocenters. The Labute approximate surface area is 183 Å². The third-order valence-corrected chi connectivity index (χ3v) is 6.01. The fraction of sp³-hybridized carbons (Fsp3) is 0.167. The second-order valence-corrected chi connectivity index (χ2v) is 8.09. The average Bonchev–Trinajstić information content (AvgIpc) is 3.28. The van der Waals surface area contributed by atoms with Gasteiger partial charge >= 0.3 is 0 Å². The summed E-state index contributed by atoms with van der Waals surface area (Å²) in [5.41, 5.74) is 2.82. The number of amides is 2. The number of fused-ring (bicyclic) bond motifs is 1. The maximum absolute atomic E-state index is 14.0. The van der Waals surface area contributed by atoms with E-state index in [1.54, 1.807) is 5.06 Å². The molecule has 2 amide bonds. The molecule has 0 spiro atoms. The van der Waals surface area contributed by atoms with Gasteiger partial charge in [-0.2, -0.15) is 0 Å². The van der Waals surface area contributed by atoms with E-state index in [1.807, 2.05) is 61.5 Å². The lowest BCUT2D eigenvalue weighted by Gasteiger charge is -2.28. The minimum absolute atomic E-state index is 0.0768. The van der Waals surface area contributed by atoms with Crippen LogP contribution in [0.2, 0.25) is 5.02 Å². The molecule has 5 rings (SSSR count). The van der Waals surface area contributed by atoms with Gasteiger partial charge < -0.3 is 0 Å². The van der Waals surface area contributed by atoms with Gasteiger partial charge in [0.25, 0.3) is 5.91 Å². The fourth-order valence-corrected chi connectivity index (χ4v) is 4.31. The van der Waals surface area contributed by atoms with Crippen molar-refractivity contribution in [3.63, 3.8) is 0 Å². The molecule has 3 aromatic rings. The Morgan fingerprint density at radius 3 is 2.29 bits per heavy atom. The quantitative estimate of drug-likeness (QED) is 0.551. The minimum Gasteiger partial charge on any atom is -0.273 e. The molecule has 2 fully saturated rings. The number of hydroxylamine groups is 1. The van der Waals surface area contributed by atoms with E-state index in [-0.39, 0.29) is 10.7 Å². The SMILES string of the molecule is Cc1ccc([C@@H]2[C@@H]3C(=O)N(c4ccc(Cl)c(F)c4)C(=O)[C@@H]3ON2c2ccccc2)cc1. The topological polar surface area (TPSA) is 49.9 Å². The normalized spacial score (nSPS) is 22.9. The number of hydrogen-bond donors (Lipinski definition) is 0. The molecular weight excluding hydrogens is 419 g/mol. The van der Waals surface area contributed by atoms with Crippen LogP contribution in [-0.4, -0.2) is 17.9 Å². The summed E-state index contributed by atoms with van der Waals surface area (Å²) in [6, 6.07) is 20.5. The van der Waals surface area contributed by atoms with Crippen molar-refractivity contribution in [1.82, 2.24) is 0 Å². The maximum Gasteiger partial charge on any atom is 0.266 e. The van der Waals surface area contributed by atoms with Gasteiger partial charge in [0, 0.05) is 0 Å². The predicted molar refractivity (Wildman–Crippen MR) is 115 cm³/mol. The minimum atomic E-state index is -1.00. The third-order valence-electron chi connectivity index (χ3n) is 5.71. The molecule has 3 aromatic carbocycles. The molecule has 0 radical (unpaired) electrons. The van der Waals surface area contributed by atoms with Crippen LogP contribution >= 0.6 is 11.6 Å². The Kier molecular flexibility index (Phi) is 4.76. The van der Waals surface area contributed by atoms with Crippen molar-refractivity contribution in [1.29, 1.82) is 0 Å². The summed E-state index contributed by atoms with van der Waals surface area (Å²) in [7, 11) is 0. The summed E-state index contributed by atoms with van der Waals surface area (Å²) in [5, 5.41) is 1.56. The number of rotatable bonds is 3. The number of halogens is 2. The Morgan fingerprint density at radius 2 is 1.61 bits per heavy atom. The first-order valence-corrected chi connectivity index (χ1v) is 10.2. The van der Waals surface area contributed by atoms with Gasteiger partial charge in [-0.05, 0) is 42.8 Å². The fourth-order valence-electron chi connectivity index (χ4n) is 4.19. The highest BCUT2D eigenvalue weighted by atomic mass is 35.5. The highest BCUT2D eigenvalue weighted by Gasteiger charge is 2.60. The van der Waals surface area contributed by atoms with Crippen molar-refractivity contribution < 1.29 is 18.8 Å². The molecule has 0 unspecified atom stereocenters. The van der Waals surface area contributed by atoms with E-state index in [0.29, 0.717) is 0 Å². The summed E-state index contributed by atoms with van der Waals surface area (Å²) >= 11 is 5.76. The summed E-state index contributed by atoms with van der Waals surface area (Å²) in [5.74, 6) is -2.42. The standard InChI is InChI=1S/C24H18ClFN2O3/c1-14-7-9-15(10-8-14)21-20-22(31-28(21)16-5-3-2-4-6-16)24(30)27(23(20)29)17-11-12-18(25)19(26)13-17/h2-13,20-22H,1H3/t20-,21+,22+/m0/s1. The third kappa shape index (κ3) is 3.19. The van der Waals surface area contributed by atoms with Crippen LogP contribution in [0.25, 0.3) is 0 Å². The summed E-state index contributed by atoms with van der Waals surface area (Å²) in [6.45, 7) is 1.98. The highest BCUT2D eigenvalue weighted by molar-refractivity contribution is 6.31. The number of hydrogen-bond acceptors (Lipinski definition) is 4. The molecule has 0 bridgehead atoms. The van der Waals surface area contributed by atoms with Crippen LogP contribution < -0.4 is 9.96 Å². The monoisotopic (exact) mass is 436 g/mol. The van der Waals surface area contributed by atoms with Crippen LogP contribution in [-0.2, 0) is 14.4 Å². The van der Waals surface area contributed by atoms with E-state index < -0.39 is 35.7 Å². The zero-order chi connectivity index (χ0) is 21.7. The van der Waals surface area contributed by atoms with Gasteiger partial charge in [-0.25, -0.2) is 14.4 Å². The number of anilines is 2. The second-order valence-electron chi connectivity index (χ2n) is 7.68. The van der Waals surface area contributed by atoms with Gasteiger partial charge in [-0.15, -0.1) is 0 Å². The summed E-state index contributed by atoms with van der Waals surface area (Å²) in [4.78, 5) is 33.7. The van der Waals surface area contributed by atoms with Crippen molar-refractivity contribution in [2.75, 3.05) is 9.96 Å². The molecule has 0 aromatic heterocycles. The molecule has 2 aliphatic heterocycles. The zero-order valence-electron chi connectivity index (χ0n) is 16.5. The van der Waals surface area contributed by atoms with Gasteiger partial charge in [0.15, 0.2) is 6.10 Å². The first kappa shape index (κ1) is 19.7. The lowest BCUT2D eigenvalue weighted by Crippen LogP contribution is -2.37. The van der Waals surface area contributed by atoms with Crippen molar-refractivity contribution >= 4 is 34.8 Å². The van der Waals surface area contributed by atoms with E-state index in [0.717, 1.165) is 27.8 Å². The Morgan fingerprint density at radius 1 is 0.903 bits per heavy atom. The van der Waals surface area contributed by atoms with Gasteiger partial charge in [0.1, 0.15) is 11.7 Å². The van der Waals surface area contributed by atoms with Crippen molar-refractivity contribution in [3.05, 3.63) is 94.8 Å². The van der Waals surface area contributed by atoms with E-state index in [1.165, 1.54) is 12.1 Å². The Bertz CT molecular complexity index is 1170. The van der Waals surface area contributed by atoms with Gasteiger partial charge in [0.05, 0.1) is 22.4 Å². The maximum atomic E-state index is 14.0. The molecule has 5 nitrogen and oxygen atoms in total. The molecule has 2 saturated heterocycles. The van der Waals surface area contributed by atoms with E-state index in [4.69, 9.17) is 16.4 Å². The van der Waals surface area contributed by atoms with Crippen LogP contribution in [0, 0.1) is 18.7 Å². The molecule has 0 saturated carbocycles. The second kappa shape index (κ2) is 7.48. The largest absolute Gasteiger partial charge is 0.273 e. The Balaban J connectivity index is 1.58. The van der Waals surface area contributed by atoms with E-state index >= 15 is 0 Å².